The van der Waals surface area contributed by atoms with E-state index in [0.717, 1.165) is 36.7 Å². The van der Waals surface area contributed by atoms with Crippen LogP contribution in [0.25, 0.3) is 0 Å². The van der Waals surface area contributed by atoms with Crippen LogP contribution in [0.5, 0.6) is 5.88 Å². The van der Waals surface area contributed by atoms with Gasteiger partial charge in [0.15, 0.2) is 5.96 Å². The molecule has 0 aliphatic heterocycles. The van der Waals surface area contributed by atoms with Crippen LogP contribution in [0.2, 0.25) is 0 Å². The third-order valence-corrected chi connectivity index (χ3v) is 4.07. The second-order valence-electron chi connectivity index (χ2n) is 5.91. The van der Waals surface area contributed by atoms with E-state index < -0.39 is 0 Å². The average Bonchev–Trinajstić information content (AvgIpc) is 3.04. The maximum absolute atomic E-state index is 5.95. The summed E-state index contributed by atoms with van der Waals surface area (Å²) in [7, 11) is 1.79. The average molecular weight is 432 g/mol. The zero-order valence-electron chi connectivity index (χ0n) is 14.3. The first-order valence-electron chi connectivity index (χ1n) is 8.30. The van der Waals surface area contributed by atoms with Crippen molar-refractivity contribution in [3.63, 3.8) is 0 Å². The summed E-state index contributed by atoms with van der Waals surface area (Å²) >= 11 is 0. The minimum absolute atomic E-state index is 0. The van der Waals surface area contributed by atoms with Crippen molar-refractivity contribution in [1.29, 1.82) is 0 Å². The number of guanidine groups is 1. The molecule has 0 spiro atoms. The molecule has 130 valence electrons. The number of rotatable bonds is 6. The molecule has 1 saturated carbocycles. The molecule has 23 heavy (non-hydrogen) atoms. The number of ether oxygens (including phenoxy) is 1. The Hall–Kier alpha value is -1.05. The van der Waals surface area contributed by atoms with Crippen LogP contribution in [-0.2, 0) is 6.54 Å². The van der Waals surface area contributed by atoms with E-state index in [9.17, 15) is 0 Å². The fourth-order valence-electron chi connectivity index (χ4n) is 2.52. The second-order valence-corrected chi connectivity index (χ2v) is 5.91. The van der Waals surface area contributed by atoms with Crippen molar-refractivity contribution in [2.75, 3.05) is 7.05 Å². The number of hydrogen-bond acceptors (Lipinski definition) is 3. The summed E-state index contributed by atoms with van der Waals surface area (Å²) in [6, 6.07) is 4.43. The molecule has 0 radical (unpaired) electrons. The second kappa shape index (κ2) is 10.7. The Morgan fingerprint density at radius 1 is 1.43 bits per heavy atom. The number of pyridine rings is 1. The molecule has 5 nitrogen and oxygen atoms in total. The smallest absolute Gasteiger partial charge is 0.213 e. The van der Waals surface area contributed by atoms with Crippen molar-refractivity contribution in [1.82, 2.24) is 15.6 Å². The SMILES string of the molecule is CCC(C)NC(=NC)NCc1ccnc(OC2CCCC2)c1.I. The largest absolute Gasteiger partial charge is 0.474 e. The van der Waals surface area contributed by atoms with Gasteiger partial charge in [0, 0.05) is 31.9 Å². The van der Waals surface area contributed by atoms with Gasteiger partial charge in [0.25, 0.3) is 0 Å². The molecule has 1 aromatic rings. The van der Waals surface area contributed by atoms with Gasteiger partial charge >= 0.3 is 0 Å². The number of hydrogen-bond donors (Lipinski definition) is 2. The summed E-state index contributed by atoms with van der Waals surface area (Å²) in [5.41, 5.74) is 1.15. The molecule has 0 saturated heterocycles. The number of aliphatic imine (C=N–C) groups is 1. The zero-order valence-corrected chi connectivity index (χ0v) is 16.7. The van der Waals surface area contributed by atoms with Gasteiger partial charge in [-0.15, -0.1) is 24.0 Å². The maximum Gasteiger partial charge on any atom is 0.213 e. The topological polar surface area (TPSA) is 58.5 Å². The molecule has 0 amide bonds. The van der Waals surface area contributed by atoms with E-state index in [1.54, 1.807) is 7.05 Å². The summed E-state index contributed by atoms with van der Waals surface area (Å²) in [4.78, 5) is 8.56. The number of nitrogens with one attached hydrogen (secondary N) is 2. The lowest BCUT2D eigenvalue weighted by Gasteiger charge is -2.17. The molecule has 0 bridgehead atoms. The summed E-state index contributed by atoms with van der Waals surface area (Å²) in [5.74, 6) is 1.56. The Labute approximate surface area is 156 Å². The van der Waals surface area contributed by atoms with Crippen molar-refractivity contribution >= 4 is 29.9 Å². The molecule has 1 heterocycles. The third kappa shape index (κ3) is 6.93. The van der Waals surface area contributed by atoms with E-state index in [-0.39, 0.29) is 24.0 Å². The van der Waals surface area contributed by atoms with Crippen LogP contribution in [0.4, 0.5) is 0 Å². The summed E-state index contributed by atoms with van der Waals surface area (Å²) in [6.07, 6.45) is 8.05. The van der Waals surface area contributed by atoms with Crippen LogP contribution in [0.3, 0.4) is 0 Å². The molecule has 0 aromatic carbocycles. The van der Waals surface area contributed by atoms with E-state index in [2.05, 4.69) is 34.5 Å². The van der Waals surface area contributed by atoms with Crippen molar-refractivity contribution in [2.24, 2.45) is 4.99 Å². The Balaban J connectivity index is 0.00000264. The van der Waals surface area contributed by atoms with E-state index in [1.807, 2.05) is 18.3 Å². The molecular weight excluding hydrogens is 403 g/mol. The molecule has 1 aliphatic rings. The monoisotopic (exact) mass is 432 g/mol. The van der Waals surface area contributed by atoms with Crippen LogP contribution in [0, 0.1) is 0 Å². The molecular formula is C17H29IN4O. The van der Waals surface area contributed by atoms with Crippen molar-refractivity contribution < 1.29 is 4.74 Å². The fourth-order valence-corrected chi connectivity index (χ4v) is 2.52. The fraction of sp³-hybridized carbons (Fsp3) is 0.647. The Kier molecular flexibility index (Phi) is 9.28. The summed E-state index contributed by atoms with van der Waals surface area (Å²) < 4.78 is 5.95. The lowest BCUT2D eigenvalue weighted by molar-refractivity contribution is 0.201. The van der Waals surface area contributed by atoms with E-state index >= 15 is 0 Å². The number of aromatic nitrogens is 1. The van der Waals surface area contributed by atoms with Crippen LogP contribution in [-0.4, -0.2) is 30.1 Å². The predicted octanol–water partition coefficient (Wildman–Crippen LogP) is 3.48. The number of halogens is 1. The molecule has 1 fully saturated rings. The Bertz CT molecular complexity index is 489. The van der Waals surface area contributed by atoms with E-state index in [0.29, 0.717) is 18.7 Å². The van der Waals surface area contributed by atoms with Crippen molar-refractivity contribution in [2.45, 2.75) is 64.6 Å². The summed E-state index contributed by atoms with van der Waals surface area (Å²) in [6.45, 7) is 5.01. The predicted molar refractivity (Wildman–Crippen MR) is 106 cm³/mol. The van der Waals surface area contributed by atoms with Gasteiger partial charge in [-0.3, -0.25) is 4.99 Å². The van der Waals surface area contributed by atoms with Crippen molar-refractivity contribution in [3.8, 4) is 5.88 Å². The molecule has 2 N–H and O–H groups in total. The first kappa shape index (κ1) is 20.0. The van der Waals surface area contributed by atoms with Gasteiger partial charge in [-0.25, -0.2) is 4.98 Å². The van der Waals surface area contributed by atoms with Gasteiger partial charge in [0.1, 0.15) is 6.10 Å². The zero-order chi connectivity index (χ0) is 15.8. The number of nitrogens with zero attached hydrogens (tertiary/aromatic N) is 2. The van der Waals surface area contributed by atoms with Gasteiger partial charge in [0.2, 0.25) is 5.88 Å². The minimum atomic E-state index is 0. The van der Waals surface area contributed by atoms with E-state index in [4.69, 9.17) is 4.74 Å². The first-order valence-corrected chi connectivity index (χ1v) is 8.30. The maximum atomic E-state index is 5.95. The normalized spacial score (nSPS) is 16.6. The lowest BCUT2D eigenvalue weighted by Crippen LogP contribution is -2.41. The van der Waals surface area contributed by atoms with Crippen LogP contribution in [0.1, 0.15) is 51.5 Å². The van der Waals surface area contributed by atoms with Gasteiger partial charge in [-0.05, 0) is 50.7 Å². The molecule has 1 aliphatic carbocycles. The highest BCUT2D eigenvalue weighted by Gasteiger charge is 2.17. The van der Waals surface area contributed by atoms with Gasteiger partial charge in [-0.1, -0.05) is 6.92 Å². The van der Waals surface area contributed by atoms with Crippen molar-refractivity contribution in [3.05, 3.63) is 23.9 Å². The highest BCUT2D eigenvalue weighted by atomic mass is 127. The molecule has 1 aromatic heterocycles. The molecule has 1 atom stereocenters. The minimum Gasteiger partial charge on any atom is -0.474 e. The van der Waals surface area contributed by atoms with Gasteiger partial charge in [0.05, 0.1) is 0 Å². The van der Waals surface area contributed by atoms with Crippen LogP contribution < -0.4 is 15.4 Å². The quantitative estimate of drug-likeness (QED) is 0.411. The third-order valence-electron chi connectivity index (χ3n) is 4.07. The molecule has 2 rings (SSSR count). The first-order chi connectivity index (χ1) is 10.7. The standard InChI is InChI=1S/C17H28N4O.HI/c1-4-13(2)21-17(18-3)20-12-14-9-10-19-16(11-14)22-15-7-5-6-8-15;/h9-11,13,15H,4-8,12H2,1-3H3,(H2,18,20,21);1H. The summed E-state index contributed by atoms with van der Waals surface area (Å²) in [5, 5.41) is 6.68. The van der Waals surface area contributed by atoms with E-state index in [1.165, 1.54) is 12.8 Å². The van der Waals surface area contributed by atoms with Crippen LogP contribution >= 0.6 is 24.0 Å². The van der Waals surface area contributed by atoms with Gasteiger partial charge < -0.3 is 15.4 Å². The Morgan fingerprint density at radius 3 is 2.83 bits per heavy atom. The lowest BCUT2D eigenvalue weighted by atomic mass is 10.2. The molecule has 6 heteroatoms. The van der Waals surface area contributed by atoms with Gasteiger partial charge in [-0.2, -0.15) is 0 Å². The highest BCUT2D eigenvalue weighted by Crippen LogP contribution is 2.23. The molecule has 1 unspecified atom stereocenters. The van der Waals surface area contributed by atoms with Crippen LogP contribution in [0.15, 0.2) is 23.3 Å². The highest BCUT2D eigenvalue weighted by molar-refractivity contribution is 14.0. The Morgan fingerprint density at radius 2 is 2.17 bits per heavy atom.